The van der Waals surface area contributed by atoms with Crippen LogP contribution >= 0.6 is 11.6 Å². The molecule has 1 unspecified atom stereocenters. The lowest BCUT2D eigenvalue weighted by Crippen LogP contribution is -2.39. The molecule has 5 heteroatoms. The number of carbonyl (C=O) groups is 1. The number of hydrogen-bond acceptors (Lipinski definition) is 3. The van der Waals surface area contributed by atoms with Crippen molar-refractivity contribution >= 4 is 17.6 Å². The molecule has 1 aromatic carbocycles. The molecule has 0 amide bonds. The maximum absolute atomic E-state index is 10.9. The molecule has 2 N–H and O–H groups in total. The molecule has 1 aromatic rings. The van der Waals surface area contributed by atoms with E-state index >= 15 is 0 Å². The maximum Gasteiger partial charge on any atom is 0.323 e. The van der Waals surface area contributed by atoms with E-state index in [9.17, 15) is 4.79 Å². The van der Waals surface area contributed by atoms with Crippen molar-refractivity contribution in [3.63, 3.8) is 0 Å². The first-order chi connectivity index (χ1) is 8.06. The second kappa shape index (κ2) is 6.59. The van der Waals surface area contributed by atoms with Crippen LogP contribution in [0.2, 0.25) is 5.02 Å². The molecule has 0 aromatic heterocycles. The molecule has 0 aliphatic rings. The van der Waals surface area contributed by atoms with Gasteiger partial charge in [0, 0.05) is 18.7 Å². The average Bonchev–Trinajstić information content (AvgIpc) is 2.29. The Kier molecular flexibility index (Phi) is 5.41. The third-order valence-corrected chi connectivity index (χ3v) is 2.96. The van der Waals surface area contributed by atoms with Crippen molar-refractivity contribution in [1.29, 1.82) is 0 Å². The predicted octanol–water partition coefficient (Wildman–Crippen LogP) is 1.84. The lowest BCUT2D eigenvalue weighted by Gasteiger charge is -2.14. The summed E-state index contributed by atoms with van der Waals surface area (Å²) in [6, 6.07) is 4.86. The highest BCUT2D eigenvalue weighted by atomic mass is 35.5. The van der Waals surface area contributed by atoms with Crippen molar-refractivity contribution < 1.29 is 14.6 Å². The quantitative estimate of drug-likeness (QED) is 0.816. The fourth-order valence-electron chi connectivity index (χ4n) is 1.46. The number of carboxylic acid groups (broad SMARTS) is 1. The summed E-state index contributed by atoms with van der Waals surface area (Å²) in [6.45, 7) is 2.49. The summed E-state index contributed by atoms with van der Waals surface area (Å²) < 4.78 is 4.84. The van der Waals surface area contributed by atoms with Crippen LogP contribution in [0.4, 0.5) is 0 Å². The Bertz CT molecular complexity index is 395. The predicted molar refractivity (Wildman–Crippen MR) is 66.3 cm³/mol. The first-order valence-electron chi connectivity index (χ1n) is 5.25. The molecule has 0 saturated heterocycles. The summed E-state index contributed by atoms with van der Waals surface area (Å²) in [5.41, 5.74) is 1.95. The van der Waals surface area contributed by atoms with Crippen molar-refractivity contribution in [1.82, 2.24) is 5.32 Å². The summed E-state index contributed by atoms with van der Waals surface area (Å²) in [5, 5.41) is 12.5. The number of halogens is 1. The minimum atomic E-state index is -0.925. The van der Waals surface area contributed by atoms with E-state index in [-0.39, 0.29) is 6.61 Å². The second-order valence-corrected chi connectivity index (χ2v) is 4.16. The molecule has 0 saturated carbocycles. The van der Waals surface area contributed by atoms with Gasteiger partial charge in [-0.3, -0.25) is 10.1 Å². The molecule has 1 atom stereocenters. The van der Waals surface area contributed by atoms with Gasteiger partial charge in [-0.1, -0.05) is 23.7 Å². The summed E-state index contributed by atoms with van der Waals surface area (Å²) >= 11 is 5.98. The third kappa shape index (κ3) is 4.00. The van der Waals surface area contributed by atoms with Gasteiger partial charge in [-0.05, 0) is 24.1 Å². The van der Waals surface area contributed by atoms with E-state index < -0.39 is 12.0 Å². The Morgan fingerprint density at radius 3 is 2.88 bits per heavy atom. The van der Waals surface area contributed by atoms with Crippen LogP contribution in [0, 0.1) is 6.92 Å². The van der Waals surface area contributed by atoms with Crippen LogP contribution in [-0.4, -0.2) is 30.8 Å². The Labute approximate surface area is 106 Å². The molecule has 17 heavy (non-hydrogen) atoms. The number of benzene rings is 1. The second-order valence-electron chi connectivity index (χ2n) is 3.75. The van der Waals surface area contributed by atoms with E-state index in [4.69, 9.17) is 21.4 Å². The van der Waals surface area contributed by atoms with Gasteiger partial charge in [0.1, 0.15) is 6.04 Å². The summed E-state index contributed by atoms with van der Waals surface area (Å²) in [4.78, 5) is 10.9. The van der Waals surface area contributed by atoms with E-state index in [0.29, 0.717) is 11.6 Å². The fraction of sp³-hybridized carbons (Fsp3) is 0.417. The monoisotopic (exact) mass is 257 g/mol. The lowest BCUT2D eigenvalue weighted by molar-refractivity contribution is -0.140. The number of nitrogens with one attached hydrogen (secondary N) is 1. The Hall–Kier alpha value is -1.10. The van der Waals surface area contributed by atoms with E-state index in [1.807, 2.05) is 25.1 Å². The Morgan fingerprint density at radius 2 is 2.29 bits per heavy atom. The van der Waals surface area contributed by atoms with Crippen LogP contribution in [0.25, 0.3) is 0 Å². The highest BCUT2D eigenvalue weighted by Crippen LogP contribution is 2.18. The average molecular weight is 258 g/mol. The maximum atomic E-state index is 10.9. The van der Waals surface area contributed by atoms with Gasteiger partial charge >= 0.3 is 5.97 Å². The molecule has 0 aliphatic carbocycles. The van der Waals surface area contributed by atoms with Crippen molar-refractivity contribution in [3.8, 4) is 0 Å². The van der Waals surface area contributed by atoms with Crippen molar-refractivity contribution in [2.45, 2.75) is 19.5 Å². The fourth-order valence-corrected chi connectivity index (χ4v) is 1.66. The zero-order chi connectivity index (χ0) is 12.8. The van der Waals surface area contributed by atoms with Gasteiger partial charge in [-0.25, -0.2) is 0 Å². The summed E-state index contributed by atoms with van der Waals surface area (Å²) in [5.74, 6) is -0.925. The molecule has 4 nitrogen and oxygen atoms in total. The number of aliphatic carboxylic acids is 1. The standard InChI is InChI=1S/C12H16ClNO3/c1-8-9(4-3-5-10(8)13)6-14-11(7-17-2)12(15)16/h3-5,11,14H,6-7H2,1-2H3,(H,15,16). The first-order valence-corrected chi connectivity index (χ1v) is 5.63. The smallest absolute Gasteiger partial charge is 0.323 e. The molecular formula is C12H16ClNO3. The SMILES string of the molecule is COCC(NCc1cccc(Cl)c1C)C(=O)O. The third-order valence-electron chi connectivity index (χ3n) is 2.55. The van der Waals surface area contributed by atoms with E-state index in [1.165, 1.54) is 7.11 Å². The van der Waals surface area contributed by atoms with Gasteiger partial charge in [0.15, 0.2) is 0 Å². The summed E-state index contributed by atoms with van der Waals surface area (Å²) in [7, 11) is 1.47. The molecule has 0 spiro atoms. The molecule has 0 radical (unpaired) electrons. The number of ether oxygens (including phenoxy) is 1. The number of carboxylic acids is 1. The van der Waals surface area contributed by atoms with Crippen molar-refractivity contribution in [2.24, 2.45) is 0 Å². The van der Waals surface area contributed by atoms with Gasteiger partial charge in [0.05, 0.1) is 6.61 Å². The van der Waals surface area contributed by atoms with Crippen LogP contribution in [0.1, 0.15) is 11.1 Å². The molecule has 0 fully saturated rings. The Morgan fingerprint density at radius 1 is 1.59 bits per heavy atom. The zero-order valence-corrected chi connectivity index (χ0v) is 10.6. The summed E-state index contributed by atoms with van der Waals surface area (Å²) in [6.07, 6.45) is 0. The molecular weight excluding hydrogens is 242 g/mol. The van der Waals surface area contributed by atoms with Gasteiger partial charge in [-0.15, -0.1) is 0 Å². The van der Waals surface area contributed by atoms with Crippen LogP contribution in [0.15, 0.2) is 18.2 Å². The molecule has 0 bridgehead atoms. The van der Waals surface area contributed by atoms with Crippen LogP contribution < -0.4 is 5.32 Å². The van der Waals surface area contributed by atoms with E-state index in [1.54, 1.807) is 0 Å². The number of rotatable bonds is 6. The van der Waals surface area contributed by atoms with Crippen molar-refractivity contribution in [3.05, 3.63) is 34.3 Å². The van der Waals surface area contributed by atoms with Gasteiger partial charge < -0.3 is 9.84 Å². The van der Waals surface area contributed by atoms with Crippen molar-refractivity contribution in [2.75, 3.05) is 13.7 Å². The number of methoxy groups -OCH3 is 1. The number of hydrogen-bond donors (Lipinski definition) is 2. The molecule has 1 rings (SSSR count). The normalized spacial score (nSPS) is 12.4. The van der Waals surface area contributed by atoms with Gasteiger partial charge in [0.2, 0.25) is 0 Å². The van der Waals surface area contributed by atoms with Crippen LogP contribution in [0.3, 0.4) is 0 Å². The first kappa shape index (κ1) is 14.0. The zero-order valence-electron chi connectivity index (χ0n) is 9.87. The largest absolute Gasteiger partial charge is 0.480 e. The minimum Gasteiger partial charge on any atom is -0.480 e. The molecule has 0 heterocycles. The Balaban J connectivity index is 2.65. The molecule has 94 valence electrons. The minimum absolute atomic E-state index is 0.134. The molecule has 0 aliphatic heterocycles. The topological polar surface area (TPSA) is 58.6 Å². The highest BCUT2D eigenvalue weighted by Gasteiger charge is 2.16. The lowest BCUT2D eigenvalue weighted by atomic mass is 10.1. The van der Waals surface area contributed by atoms with Crippen LogP contribution in [0.5, 0.6) is 0 Å². The van der Waals surface area contributed by atoms with Gasteiger partial charge in [-0.2, -0.15) is 0 Å². The highest BCUT2D eigenvalue weighted by molar-refractivity contribution is 6.31. The van der Waals surface area contributed by atoms with E-state index in [0.717, 1.165) is 11.1 Å². The van der Waals surface area contributed by atoms with Gasteiger partial charge in [0.25, 0.3) is 0 Å². The van der Waals surface area contributed by atoms with Crippen LogP contribution in [-0.2, 0) is 16.1 Å². The van der Waals surface area contributed by atoms with E-state index in [2.05, 4.69) is 5.32 Å².